The smallest absolute Gasteiger partial charge is 0.266 e. The molecule has 0 atom stereocenters. The highest BCUT2D eigenvalue weighted by Crippen LogP contribution is 2.30. The molecule has 0 fully saturated rings. The van der Waals surface area contributed by atoms with Crippen LogP contribution in [0.1, 0.15) is 18.1 Å². The molecule has 3 aromatic carbocycles. The van der Waals surface area contributed by atoms with Gasteiger partial charge in [-0.15, -0.1) is 0 Å². The predicted octanol–water partition coefficient (Wildman–Crippen LogP) is 6.36. The number of benzene rings is 3. The molecular formula is C31H28N4O3. The lowest BCUT2D eigenvalue weighted by Crippen LogP contribution is -2.13. The van der Waals surface area contributed by atoms with Crippen molar-refractivity contribution < 1.29 is 14.3 Å². The van der Waals surface area contributed by atoms with Gasteiger partial charge < -0.3 is 14.8 Å². The number of carbonyl (C=O) groups excluding carboxylic acids is 1. The molecule has 4 rings (SSSR count). The maximum atomic E-state index is 13.0. The number of para-hydroxylation sites is 1. The van der Waals surface area contributed by atoms with Gasteiger partial charge in [0.2, 0.25) is 0 Å². The number of aryl methyl sites for hydroxylation is 1. The van der Waals surface area contributed by atoms with Crippen molar-refractivity contribution in [2.45, 2.75) is 13.8 Å². The first-order valence-corrected chi connectivity index (χ1v) is 12.2. The van der Waals surface area contributed by atoms with Gasteiger partial charge >= 0.3 is 0 Å². The third-order valence-electron chi connectivity index (χ3n) is 5.66. The molecule has 1 amide bonds. The van der Waals surface area contributed by atoms with E-state index in [1.54, 1.807) is 41.1 Å². The summed E-state index contributed by atoms with van der Waals surface area (Å²) in [6, 6.07) is 24.4. The van der Waals surface area contributed by atoms with Crippen LogP contribution < -0.4 is 14.8 Å². The van der Waals surface area contributed by atoms with Gasteiger partial charge in [-0.1, -0.05) is 30.9 Å². The molecule has 4 aromatic rings. The number of nitrogens with one attached hydrogen (secondary N) is 1. The molecule has 0 aliphatic rings. The van der Waals surface area contributed by atoms with Crippen molar-refractivity contribution in [2.75, 3.05) is 18.5 Å². The lowest BCUT2D eigenvalue weighted by molar-refractivity contribution is -0.112. The maximum absolute atomic E-state index is 13.0. The number of carbonyl (C=O) groups is 1. The third-order valence-corrected chi connectivity index (χ3v) is 5.66. The first kappa shape index (κ1) is 26.0. The Bertz CT molecular complexity index is 1500. The summed E-state index contributed by atoms with van der Waals surface area (Å²) in [5.74, 6) is 0.941. The van der Waals surface area contributed by atoms with Gasteiger partial charge in [0, 0.05) is 23.0 Å². The monoisotopic (exact) mass is 504 g/mol. The second kappa shape index (κ2) is 12.2. The van der Waals surface area contributed by atoms with E-state index in [0.717, 1.165) is 22.6 Å². The molecular weight excluding hydrogens is 476 g/mol. The van der Waals surface area contributed by atoms with Crippen molar-refractivity contribution >= 4 is 17.7 Å². The zero-order valence-corrected chi connectivity index (χ0v) is 21.3. The Morgan fingerprint density at radius 1 is 1.11 bits per heavy atom. The Kier molecular flexibility index (Phi) is 8.37. The average molecular weight is 505 g/mol. The number of hydrogen-bond acceptors (Lipinski definition) is 5. The number of nitriles is 1. The van der Waals surface area contributed by atoms with Gasteiger partial charge in [0.15, 0.2) is 0 Å². The minimum absolute atomic E-state index is 0.0459. The molecule has 7 nitrogen and oxygen atoms in total. The first-order valence-electron chi connectivity index (χ1n) is 12.2. The maximum Gasteiger partial charge on any atom is 0.266 e. The summed E-state index contributed by atoms with van der Waals surface area (Å²) in [4.78, 5) is 13.0. The molecule has 7 heteroatoms. The quantitative estimate of drug-likeness (QED) is 0.154. The van der Waals surface area contributed by atoms with Crippen LogP contribution >= 0.6 is 0 Å². The van der Waals surface area contributed by atoms with Crippen molar-refractivity contribution in [3.8, 4) is 34.5 Å². The second-order valence-corrected chi connectivity index (χ2v) is 8.37. The number of nitrogens with zero attached hydrogens (tertiary/aromatic N) is 3. The van der Waals surface area contributed by atoms with E-state index in [2.05, 4.69) is 11.9 Å². The van der Waals surface area contributed by atoms with Crippen LogP contribution in [0.4, 0.5) is 5.69 Å². The van der Waals surface area contributed by atoms with Gasteiger partial charge in [-0.3, -0.25) is 4.79 Å². The van der Waals surface area contributed by atoms with E-state index in [1.807, 2.05) is 74.6 Å². The van der Waals surface area contributed by atoms with E-state index >= 15 is 0 Å². The lowest BCUT2D eigenvalue weighted by Gasteiger charge is -2.09. The van der Waals surface area contributed by atoms with E-state index in [1.165, 1.54) is 0 Å². The van der Waals surface area contributed by atoms with Crippen LogP contribution in [0.2, 0.25) is 0 Å². The Hall–Kier alpha value is -5.09. The van der Waals surface area contributed by atoms with Crippen LogP contribution in [0.25, 0.3) is 23.0 Å². The number of ether oxygens (including phenoxy) is 2. The van der Waals surface area contributed by atoms with E-state index in [9.17, 15) is 10.1 Å². The predicted molar refractivity (Wildman–Crippen MR) is 149 cm³/mol. The Morgan fingerprint density at radius 3 is 2.53 bits per heavy atom. The summed E-state index contributed by atoms with van der Waals surface area (Å²) >= 11 is 0. The van der Waals surface area contributed by atoms with Gasteiger partial charge in [-0.25, -0.2) is 4.68 Å². The minimum Gasteiger partial charge on any atom is -0.494 e. The van der Waals surface area contributed by atoms with Crippen LogP contribution in [-0.2, 0) is 4.79 Å². The highest BCUT2D eigenvalue weighted by Gasteiger charge is 2.16. The lowest BCUT2D eigenvalue weighted by atomic mass is 10.0. The van der Waals surface area contributed by atoms with Gasteiger partial charge in [0.1, 0.15) is 35.4 Å². The van der Waals surface area contributed by atoms with E-state index in [4.69, 9.17) is 14.6 Å². The standard InChI is InChI=1S/C31H28N4O3/c1-4-17-38-29-16-11-23(18-22(29)3)30-25(21-35(34-30)27-9-7-6-8-10-27)19-24(20-32)31(36)33-26-12-14-28(15-13-26)37-5-2/h4,6-16,18-19,21H,1,5,17H2,2-3H3,(H,33,36). The molecule has 0 saturated heterocycles. The number of aromatic nitrogens is 2. The highest BCUT2D eigenvalue weighted by atomic mass is 16.5. The topological polar surface area (TPSA) is 89.2 Å². The fourth-order valence-corrected chi connectivity index (χ4v) is 3.84. The second-order valence-electron chi connectivity index (χ2n) is 8.37. The molecule has 1 aromatic heterocycles. The average Bonchev–Trinajstić information content (AvgIpc) is 3.36. The SMILES string of the molecule is C=CCOc1ccc(-c2nn(-c3ccccc3)cc2C=C(C#N)C(=O)Nc2ccc(OCC)cc2)cc1C. The number of amides is 1. The van der Waals surface area contributed by atoms with Gasteiger partial charge in [0.25, 0.3) is 5.91 Å². The summed E-state index contributed by atoms with van der Waals surface area (Å²) < 4.78 is 12.9. The number of anilines is 1. The normalized spacial score (nSPS) is 10.9. The zero-order chi connectivity index (χ0) is 26.9. The summed E-state index contributed by atoms with van der Waals surface area (Å²) in [5, 5.41) is 17.4. The van der Waals surface area contributed by atoms with Gasteiger partial charge in [-0.05, 0) is 80.1 Å². The van der Waals surface area contributed by atoms with Crippen molar-refractivity contribution in [2.24, 2.45) is 0 Å². The van der Waals surface area contributed by atoms with Crippen molar-refractivity contribution in [1.82, 2.24) is 9.78 Å². The fraction of sp³-hybridized carbons (Fsp3) is 0.129. The molecule has 1 N–H and O–H groups in total. The van der Waals surface area contributed by atoms with Gasteiger partial charge in [0.05, 0.1) is 12.3 Å². The van der Waals surface area contributed by atoms with E-state index < -0.39 is 5.91 Å². The van der Waals surface area contributed by atoms with Gasteiger partial charge in [-0.2, -0.15) is 10.4 Å². The third kappa shape index (κ3) is 6.18. The Morgan fingerprint density at radius 2 is 1.87 bits per heavy atom. The summed E-state index contributed by atoms with van der Waals surface area (Å²) in [5.41, 5.74) is 4.40. The van der Waals surface area contributed by atoms with Crippen LogP contribution in [0.15, 0.2) is 97.2 Å². The first-order chi connectivity index (χ1) is 18.5. The highest BCUT2D eigenvalue weighted by molar-refractivity contribution is 6.10. The van der Waals surface area contributed by atoms with Crippen molar-refractivity contribution in [3.63, 3.8) is 0 Å². The Labute approximate surface area is 222 Å². The van der Waals surface area contributed by atoms with Crippen LogP contribution in [0.5, 0.6) is 11.5 Å². The minimum atomic E-state index is -0.514. The number of rotatable bonds is 10. The molecule has 0 aliphatic heterocycles. The number of hydrogen-bond donors (Lipinski definition) is 1. The molecule has 0 unspecified atom stereocenters. The fourth-order valence-electron chi connectivity index (χ4n) is 3.84. The van der Waals surface area contributed by atoms with Crippen molar-refractivity contribution in [1.29, 1.82) is 5.26 Å². The zero-order valence-electron chi connectivity index (χ0n) is 21.3. The Balaban J connectivity index is 1.70. The van der Waals surface area contributed by atoms with Crippen LogP contribution in [0.3, 0.4) is 0 Å². The summed E-state index contributed by atoms with van der Waals surface area (Å²) in [7, 11) is 0. The molecule has 1 heterocycles. The molecule has 0 aliphatic carbocycles. The van der Waals surface area contributed by atoms with Crippen molar-refractivity contribution in [3.05, 3.63) is 108 Å². The molecule has 0 radical (unpaired) electrons. The molecule has 38 heavy (non-hydrogen) atoms. The molecule has 0 saturated carbocycles. The van der Waals surface area contributed by atoms with E-state index in [-0.39, 0.29) is 5.57 Å². The molecule has 190 valence electrons. The van der Waals surface area contributed by atoms with Crippen LogP contribution in [-0.4, -0.2) is 28.9 Å². The summed E-state index contributed by atoms with van der Waals surface area (Å²) in [6.45, 7) is 8.51. The molecule has 0 spiro atoms. The summed E-state index contributed by atoms with van der Waals surface area (Å²) in [6.07, 6.45) is 5.06. The molecule has 0 bridgehead atoms. The van der Waals surface area contributed by atoms with Crippen LogP contribution in [0, 0.1) is 18.3 Å². The largest absolute Gasteiger partial charge is 0.494 e. The van der Waals surface area contributed by atoms with E-state index in [0.29, 0.717) is 35.9 Å².